The molecule has 0 bridgehead atoms. The van der Waals surface area contributed by atoms with E-state index in [1.807, 2.05) is 25.3 Å². The van der Waals surface area contributed by atoms with Gasteiger partial charge in [0, 0.05) is 36.1 Å². The summed E-state index contributed by atoms with van der Waals surface area (Å²) in [7, 11) is 0. The van der Waals surface area contributed by atoms with Crippen molar-refractivity contribution < 1.29 is 4.79 Å². The highest BCUT2D eigenvalue weighted by atomic mass is 35.5. The normalized spacial score (nSPS) is 13.7. The molecule has 2 heterocycles. The van der Waals surface area contributed by atoms with E-state index in [2.05, 4.69) is 15.7 Å². The number of nitrogens with zero attached hydrogens (tertiary/aromatic N) is 2. The second-order valence-electron chi connectivity index (χ2n) is 4.90. The molecule has 108 valence electrons. The number of anilines is 1. The summed E-state index contributed by atoms with van der Waals surface area (Å²) in [5.41, 5.74) is 3.31. The minimum atomic E-state index is -0.109. The number of aromatic nitrogens is 2. The third-order valence-corrected chi connectivity index (χ3v) is 3.74. The van der Waals surface area contributed by atoms with Crippen molar-refractivity contribution in [3.8, 4) is 5.69 Å². The van der Waals surface area contributed by atoms with Crippen LogP contribution in [-0.4, -0.2) is 28.8 Å². The second-order valence-corrected chi connectivity index (χ2v) is 5.33. The number of carbonyl (C=O) groups is 1. The maximum absolute atomic E-state index is 12.3. The molecule has 1 saturated heterocycles. The Balaban J connectivity index is 1.91. The molecule has 1 aliphatic heterocycles. The predicted molar refractivity (Wildman–Crippen MR) is 82.8 cm³/mol. The third-order valence-electron chi connectivity index (χ3n) is 3.51. The molecule has 3 rings (SSSR count). The van der Waals surface area contributed by atoms with E-state index in [0.717, 1.165) is 29.9 Å². The molecular formula is C15H15ClN4O. The van der Waals surface area contributed by atoms with Gasteiger partial charge in [0.2, 0.25) is 0 Å². The summed E-state index contributed by atoms with van der Waals surface area (Å²) in [6.07, 6.45) is 3.51. The molecule has 0 radical (unpaired) electrons. The summed E-state index contributed by atoms with van der Waals surface area (Å²) in [5, 5.41) is 10.8. The fraction of sp³-hybridized carbons (Fsp3) is 0.200. The number of carbonyl (C=O) groups excluding carboxylic acids is 1. The molecule has 2 N–H and O–H groups in total. The smallest absolute Gasteiger partial charge is 0.251 e. The standard InChI is InChI=1S/C15H15ClN4O/c1-10(11-8-17-9-11)15(21)19-13-7-12(16)3-4-14(13)20-6-2-5-18-20/h2-7,17H,8-9H2,1H3,(H,19,21). The summed E-state index contributed by atoms with van der Waals surface area (Å²) >= 11 is 6.04. The lowest BCUT2D eigenvalue weighted by atomic mass is 10.0. The van der Waals surface area contributed by atoms with Crippen LogP contribution < -0.4 is 10.6 Å². The highest BCUT2D eigenvalue weighted by molar-refractivity contribution is 6.31. The van der Waals surface area contributed by atoms with Crippen LogP contribution >= 0.6 is 11.6 Å². The first kappa shape index (κ1) is 13.9. The molecule has 0 atom stereocenters. The SMILES string of the molecule is CC(C(=O)Nc1cc(Cl)ccc1-n1cccn1)=C1CNC1. The van der Waals surface area contributed by atoms with Crippen LogP contribution in [-0.2, 0) is 4.79 Å². The molecule has 0 spiro atoms. The molecule has 0 aliphatic carbocycles. The average Bonchev–Trinajstić information content (AvgIpc) is 2.90. The van der Waals surface area contributed by atoms with Gasteiger partial charge in [-0.1, -0.05) is 11.6 Å². The molecule has 21 heavy (non-hydrogen) atoms. The van der Waals surface area contributed by atoms with E-state index in [9.17, 15) is 4.79 Å². The zero-order chi connectivity index (χ0) is 14.8. The maximum atomic E-state index is 12.3. The van der Waals surface area contributed by atoms with Crippen molar-refractivity contribution >= 4 is 23.2 Å². The molecule has 0 unspecified atom stereocenters. The van der Waals surface area contributed by atoms with Crippen molar-refractivity contribution in [2.24, 2.45) is 0 Å². The van der Waals surface area contributed by atoms with Gasteiger partial charge in [0.05, 0.1) is 11.4 Å². The van der Waals surface area contributed by atoms with Crippen LogP contribution in [0.1, 0.15) is 6.92 Å². The molecule has 2 aromatic rings. The Morgan fingerprint density at radius 1 is 1.43 bits per heavy atom. The summed E-state index contributed by atoms with van der Waals surface area (Å²) in [4.78, 5) is 12.3. The third kappa shape index (κ3) is 2.84. The quantitative estimate of drug-likeness (QED) is 0.856. The van der Waals surface area contributed by atoms with Crippen molar-refractivity contribution in [3.63, 3.8) is 0 Å². The molecule has 5 nitrogen and oxygen atoms in total. The van der Waals surface area contributed by atoms with Crippen LogP contribution in [0.5, 0.6) is 0 Å². The van der Waals surface area contributed by atoms with Crippen molar-refractivity contribution in [3.05, 3.63) is 52.8 Å². The van der Waals surface area contributed by atoms with Gasteiger partial charge in [-0.3, -0.25) is 4.79 Å². The fourth-order valence-corrected chi connectivity index (χ4v) is 2.28. The lowest BCUT2D eigenvalue weighted by Crippen LogP contribution is -2.36. The highest BCUT2D eigenvalue weighted by Gasteiger charge is 2.17. The minimum Gasteiger partial charge on any atom is -0.320 e. The predicted octanol–water partition coefficient (Wildman–Crippen LogP) is 2.38. The van der Waals surface area contributed by atoms with Crippen molar-refractivity contribution in [2.75, 3.05) is 18.4 Å². The van der Waals surface area contributed by atoms with Crippen LogP contribution in [0.4, 0.5) is 5.69 Å². The van der Waals surface area contributed by atoms with Crippen LogP contribution in [0.25, 0.3) is 5.69 Å². The minimum absolute atomic E-state index is 0.109. The van der Waals surface area contributed by atoms with Crippen molar-refractivity contribution in [2.45, 2.75) is 6.92 Å². The first-order valence-corrected chi connectivity index (χ1v) is 7.03. The van der Waals surface area contributed by atoms with Gasteiger partial charge in [-0.05, 0) is 36.8 Å². The maximum Gasteiger partial charge on any atom is 0.251 e. The molecular weight excluding hydrogens is 288 g/mol. The average molecular weight is 303 g/mol. The number of amides is 1. The van der Waals surface area contributed by atoms with E-state index in [-0.39, 0.29) is 5.91 Å². The van der Waals surface area contributed by atoms with Crippen molar-refractivity contribution in [1.29, 1.82) is 0 Å². The van der Waals surface area contributed by atoms with Gasteiger partial charge in [-0.25, -0.2) is 4.68 Å². The number of rotatable bonds is 3. The van der Waals surface area contributed by atoms with Gasteiger partial charge in [-0.2, -0.15) is 5.10 Å². The van der Waals surface area contributed by atoms with Crippen molar-refractivity contribution in [1.82, 2.24) is 15.1 Å². The summed E-state index contributed by atoms with van der Waals surface area (Å²) in [6, 6.07) is 7.16. The lowest BCUT2D eigenvalue weighted by molar-refractivity contribution is -0.112. The zero-order valence-corrected chi connectivity index (χ0v) is 12.3. The lowest BCUT2D eigenvalue weighted by Gasteiger charge is -2.21. The van der Waals surface area contributed by atoms with E-state index in [1.54, 1.807) is 23.0 Å². The first-order chi connectivity index (χ1) is 10.1. The van der Waals surface area contributed by atoms with Crippen LogP contribution in [0.3, 0.4) is 0 Å². The number of halogens is 1. The van der Waals surface area contributed by atoms with Gasteiger partial charge >= 0.3 is 0 Å². The van der Waals surface area contributed by atoms with E-state index in [0.29, 0.717) is 10.7 Å². The van der Waals surface area contributed by atoms with Gasteiger partial charge in [-0.15, -0.1) is 0 Å². The number of hydrogen-bond donors (Lipinski definition) is 2. The molecule has 1 aromatic heterocycles. The molecule has 1 fully saturated rings. The summed E-state index contributed by atoms with van der Waals surface area (Å²) in [6.45, 7) is 3.39. The number of benzene rings is 1. The van der Waals surface area contributed by atoms with Crippen LogP contribution in [0, 0.1) is 0 Å². The van der Waals surface area contributed by atoms with Crippen LogP contribution in [0.2, 0.25) is 5.02 Å². The second kappa shape index (κ2) is 5.71. The Morgan fingerprint density at radius 2 is 2.24 bits per heavy atom. The molecule has 1 aliphatic rings. The Kier molecular flexibility index (Phi) is 3.77. The molecule has 1 amide bonds. The molecule has 6 heteroatoms. The number of nitrogens with one attached hydrogen (secondary N) is 2. The Labute approximate surface area is 127 Å². The summed E-state index contributed by atoms with van der Waals surface area (Å²) in [5.74, 6) is -0.109. The number of hydrogen-bond acceptors (Lipinski definition) is 3. The molecule has 1 aromatic carbocycles. The fourth-order valence-electron chi connectivity index (χ4n) is 2.11. The Morgan fingerprint density at radius 3 is 2.86 bits per heavy atom. The van der Waals surface area contributed by atoms with E-state index >= 15 is 0 Å². The topological polar surface area (TPSA) is 59.0 Å². The van der Waals surface area contributed by atoms with E-state index in [1.165, 1.54) is 0 Å². The monoisotopic (exact) mass is 302 g/mol. The Bertz CT molecular complexity index is 700. The van der Waals surface area contributed by atoms with Gasteiger partial charge in [0.25, 0.3) is 5.91 Å². The first-order valence-electron chi connectivity index (χ1n) is 6.65. The van der Waals surface area contributed by atoms with E-state index in [4.69, 9.17) is 11.6 Å². The largest absolute Gasteiger partial charge is 0.320 e. The van der Waals surface area contributed by atoms with Gasteiger partial charge < -0.3 is 10.6 Å². The Hall–Kier alpha value is -2.11. The molecule has 0 saturated carbocycles. The van der Waals surface area contributed by atoms with Gasteiger partial charge in [0.1, 0.15) is 0 Å². The van der Waals surface area contributed by atoms with Gasteiger partial charge in [0.15, 0.2) is 0 Å². The van der Waals surface area contributed by atoms with E-state index < -0.39 is 0 Å². The highest BCUT2D eigenvalue weighted by Crippen LogP contribution is 2.25. The van der Waals surface area contributed by atoms with Crippen LogP contribution in [0.15, 0.2) is 47.8 Å². The summed E-state index contributed by atoms with van der Waals surface area (Å²) < 4.78 is 1.69. The zero-order valence-electron chi connectivity index (χ0n) is 11.6.